The molecule has 0 aliphatic carbocycles. The van der Waals surface area contributed by atoms with Gasteiger partial charge in [0.1, 0.15) is 12.0 Å². The highest BCUT2D eigenvalue weighted by Crippen LogP contribution is 2.36. The maximum Gasteiger partial charge on any atom is 0.116 e. The van der Waals surface area contributed by atoms with Gasteiger partial charge in [0.05, 0.1) is 16.1 Å². The van der Waals surface area contributed by atoms with Gasteiger partial charge in [0.15, 0.2) is 0 Å². The summed E-state index contributed by atoms with van der Waals surface area (Å²) in [6.07, 6.45) is 4.72. The van der Waals surface area contributed by atoms with Crippen molar-refractivity contribution >= 4 is 32.2 Å². The lowest BCUT2D eigenvalue weighted by Crippen LogP contribution is -2.12. The summed E-state index contributed by atoms with van der Waals surface area (Å²) in [5, 5.41) is 5.97. The van der Waals surface area contributed by atoms with Gasteiger partial charge in [0.2, 0.25) is 0 Å². The number of nitrogens with zero attached hydrogens (tertiary/aromatic N) is 3. The van der Waals surface area contributed by atoms with Crippen LogP contribution in [-0.2, 0) is 11.8 Å². The Morgan fingerprint density at radius 2 is 1.67 bits per heavy atom. The quantitative estimate of drug-likeness (QED) is 0.277. The number of hydrogen-bond donors (Lipinski definition) is 0. The average molecular weight is 452 g/mol. The number of fused-ring (bicyclic) bond motifs is 2. The molecule has 0 radical (unpaired) electrons. The highest BCUT2D eigenvalue weighted by molar-refractivity contribution is 7.17. The van der Waals surface area contributed by atoms with Crippen LogP contribution in [0.2, 0.25) is 0 Å². The van der Waals surface area contributed by atoms with Crippen molar-refractivity contribution in [3.8, 4) is 22.6 Å². The van der Waals surface area contributed by atoms with Crippen LogP contribution in [0, 0.1) is 5.92 Å². The molecular formula is C29H29N3S. The van der Waals surface area contributed by atoms with Gasteiger partial charge in [-0.25, -0.2) is 9.97 Å². The fourth-order valence-corrected chi connectivity index (χ4v) is 5.46. The zero-order valence-electron chi connectivity index (χ0n) is 19.9. The van der Waals surface area contributed by atoms with Crippen molar-refractivity contribution in [3.05, 3.63) is 77.6 Å². The lowest BCUT2D eigenvalue weighted by atomic mass is 9.82. The highest BCUT2D eigenvalue weighted by atomic mass is 32.1. The smallest absolute Gasteiger partial charge is 0.116 e. The minimum absolute atomic E-state index is 0.0302. The van der Waals surface area contributed by atoms with Crippen molar-refractivity contribution in [3.63, 3.8) is 0 Å². The molecule has 166 valence electrons. The molecule has 0 atom stereocenters. The molecule has 0 spiro atoms. The van der Waals surface area contributed by atoms with Gasteiger partial charge in [0.25, 0.3) is 0 Å². The molecule has 3 aromatic heterocycles. The minimum atomic E-state index is 0.0302. The second-order valence-corrected chi connectivity index (χ2v) is 11.1. The molecular weight excluding hydrogens is 422 g/mol. The van der Waals surface area contributed by atoms with Crippen molar-refractivity contribution in [2.45, 2.75) is 46.5 Å². The lowest BCUT2D eigenvalue weighted by molar-refractivity contribution is 0.596. The fraction of sp³-hybridized carbons (Fsp3) is 0.276. The summed E-state index contributed by atoms with van der Waals surface area (Å²) in [7, 11) is 0. The first kappa shape index (κ1) is 21.7. The molecule has 5 rings (SSSR count). The van der Waals surface area contributed by atoms with E-state index in [4.69, 9.17) is 4.98 Å². The van der Waals surface area contributed by atoms with E-state index in [1.807, 2.05) is 6.20 Å². The van der Waals surface area contributed by atoms with Gasteiger partial charge in [-0.2, -0.15) is 0 Å². The average Bonchev–Trinajstić information content (AvgIpc) is 3.28. The first-order chi connectivity index (χ1) is 15.8. The van der Waals surface area contributed by atoms with Gasteiger partial charge in [-0.15, -0.1) is 11.3 Å². The van der Waals surface area contributed by atoms with Crippen LogP contribution in [0.1, 0.15) is 45.7 Å². The van der Waals surface area contributed by atoms with E-state index in [1.165, 1.54) is 32.0 Å². The molecule has 0 N–H and O–H groups in total. The number of benzene rings is 2. The van der Waals surface area contributed by atoms with Crippen LogP contribution in [0.25, 0.3) is 43.5 Å². The third-order valence-electron chi connectivity index (χ3n) is 6.08. The summed E-state index contributed by atoms with van der Waals surface area (Å²) in [6, 6.07) is 17.4. The third-order valence-corrected chi connectivity index (χ3v) is 7.00. The zero-order chi connectivity index (χ0) is 23.2. The van der Waals surface area contributed by atoms with Crippen LogP contribution in [0.4, 0.5) is 0 Å². The Kier molecular flexibility index (Phi) is 5.49. The number of rotatable bonds is 4. The van der Waals surface area contributed by atoms with E-state index in [0.29, 0.717) is 5.92 Å². The standard InChI is InChI=1S/C29H29N3S/c1-18(2)12-21-16-30-27(28-23(21)10-11-33-28)26-15-25(31-17-32-26)20-13-19-8-6-7-9-22(19)24(14-20)29(3,4)5/h6-11,13-18H,12H2,1-5H3. The first-order valence-corrected chi connectivity index (χ1v) is 12.4. The van der Waals surface area contributed by atoms with E-state index in [9.17, 15) is 0 Å². The van der Waals surface area contributed by atoms with Crippen LogP contribution in [0.3, 0.4) is 0 Å². The van der Waals surface area contributed by atoms with Gasteiger partial charge in [-0.05, 0) is 74.7 Å². The summed E-state index contributed by atoms with van der Waals surface area (Å²) in [4.78, 5) is 14.1. The Bertz CT molecular complexity index is 1460. The summed E-state index contributed by atoms with van der Waals surface area (Å²) < 4.78 is 1.20. The predicted octanol–water partition coefficient (Wildman–Crippen LogP) is 8.07. The highest BCUT2D eigenvalue weighted by Gasteiger charge is 2.19. The summed E-state index contributed by atoms with van der Waals surface area (Å²) in [5.41, 5.74) is 6.51. The van der Waals surface area contributed by atoms with E-state index >= 15 is 0 Å². The topological polar surface area (TPSA) is 38.7 Å². The molecule has 5 aromatic rings. The SMILES string of the molecule is CC(C)Cc1cnc(-c2cc(-c3cc(C(C)(C)C)c4ccccc4c3)ncn2)c2sccc12. The maximum absolute atomic E-state index is 4.86. The Morgan fingerprint density at radius 3 is 2.45 bits per heavy atom. The van der Waals surface area contributed by atoms with Crippen molar-refractivity contribution in [1.82, 2.24) is 15.0 Å². The van der Waals surface area contributed by atoms with E-state index < -0.39 is 0 Å². The van der Waals surface area contributed by atoms with Crippen LogP contribution in [0.15, 0.2) is 66.4 Å². The van der Waals surface area contributed by atoms with Gasteiger partial charge in [-0.3, -0.25) is 4.98 Å². The minimum Gasteiger partial charge on any atom is -0.253 e. The summed E-state index contributed by atoms with van der Waals surface area (Å²) in [6.45, 7) is 11.3. The maximum atomic E-state index is 4.86. The monoisotopic (exact) mass is 451 g/mol. The molecule has 0 saturated carbocycles. The molecule has 0 aliphatic rings. The van der Waals surface area contributed by atoms with Crippen molar-refractivity contribution < 1.29 is 0 Å². The van der Waals surface area contributed by atoms with Crippen LogP contribution in [0.5, 0.6) is 0 Å². The third kappa shape index (κ3) is 4.16. The summed E-state index contributed by atoms with van der Waals surface area (Å²) in [5.74, 6) is 0.594. The van der Waals surface area contributed by atoms with Crippen LogP contribution in [-0.4, -0.2) is 15.0 Å². The normalized spacial score (nSPS) is 12.2. The molecule has 2 aromatic carbocycles. The van der Waals surface area contributed by atoms with Crippen molar-refractivity contribution in [1.29, 1.82) is 0 Å². The Balaban J connectivity index is 1.65. The second kappa shape index (κ2) is 8.35. The molecule has 4 heteroatoms. The fourth-order valence-electron chi connectivity index (χ4n) is 4.52. The number of aromatic nitrogens is 3. The van der Waals surface area contributed by atoms with Gasteiger partial charge in [-0.1, -0.05) is 58.9 Å². The molecule has 0 amide bonds. The Morgan fingerprint density at radius 1 is 0.879 bits per heavy atom. The van der Waals surface area contributed by atoms with Gasteiger partial charge >= 0.3 is 0 Å². The second-order valence-electron chi connectivity index (χ2n) is 10.2. The van der Waals surface area contributed by atoms with Crippen molar-refractivity contribution in [2.75, 3.05) is 0 Å². The molecule has 3 nitrogen and oxygen atoms in total. The lowest BCUT2D eigenvalue weighted by Gasteiger charge is -2.22. The Labute approximate surface area is 199 Å². The van der Waals surface area contributed by atoms with E-state index in [0.717, 1.165) is 29.1 Å². The molecule has 3 heterocycles. The van der Waals surface area contributed by atoms with Crippen LogP contribution < -0.4 is 0 Å². The predicted molar refractivity (Wildman–Crippen MR) is 141 cm³/mol. The molecule has 0 aliphatic heterocycles. The van der Waals surface area contributed by atoms with E-state index in [2.05, 4.69) is 98.5 Å². The zero-order valence-corrected chi connectivity index (χ0v) is 20.7. The largest absolute Gasteiger partial charge is 0.253 e. The summed E-state index contributed by atoms with van der Waals surface area (Å²) >= 11 is 1.74. The molecule has 0 fully saturated rings. The molecule has 0 unspecified atom stereocenters. The van der Waals surface area contributed by atoms with E-state index in [1.54, 1.807) is 17.7 Å². The van der Waals surface area contributed by atoms with Gasteiger partial charge < -0.3 is 0 Å². The molecule has 0 bridgehead atoms. The number of hydrogen-bond acceptors (Lipinski definition) is 4. The molecule has 33 heavy (non-hydrogen) atoms. The number of thiophene rings is 1. The van der Waals surface area contributed by atoms with Gasteiger partial charge in [0, 0.05) is 11.8 Å². The molecule has 0 saturated heterocycles. The van der Waals surface area contributed by atoms with Crippen LogP contribution >= 0.6 is 11.3 Å². The first-order valence-electron chi connectivity index (χ1n) is 11.5. The van der Waals surface area contributed by atoms with E-state index in [-0.39, 0.29) is 5.41 Å². The van der Waals surface area contributed by atoms with Crippen molar-refractivity contribution in [2.24, 2.45) is 5.92 Å². The number of pyridine rings is 1. The Hall–Kier alpha value is -3.11.